The van der Waals surface area contributed by atoms with Gasteiger partial charge in [0.1, 0.15) is 5.54 Å². The normalized spacial score (nSPS) is 20.1. The average Bonchev–Trinajstić information content (AvgIpc) is 2.42. The smallest absolute Gasteiger partial charge is 0.323 e. The highest BCUT2D eigenvalue weighted by molar-refractivity contribution is 5.78. The monoisotopic (exact) mass is 271 g/mol. The van der Waals surface area contributed by atoms with Crippen LogP contribution in [0.15, 0.2) is 0 Å². The van der Waals surface area contributed by atoms with Crippen LogP contribution in [0.4, 0.5) is 0 Å². The number of carboxylic acid groups (broad SMARTS) is 1. The molecule has 4 heteroatoms. The van der Waals surface area contributed by atoms with Crippen molar-refractivity contribution in [3.8, 4) is 0 Å². The summed E-state index contributed by atoms with van der Waals surface area (Å²) in [6.45, 7) is 5.83. The van der Waals surface area contributed by atoms with Crippen molar-refractivity contribution in [2.45, 2.75) is 64.3 Å². The van der Waals surface area contributed by atoms with Crippen molar-refractivity contribution < 1.29 is 14.6 Å². The van der Waals surface area contributed by atoms with Gasteiger partial charge in [0.05, 0.1) is 0 Å². The van der Waals surface area contributed by atoms with E-state index >= 15 is 0 Å². The Kier molecular flexibility index (Phi) is 7.39. The zero-order valence-corrected chi connectivity index (χ0v) is 12.4. The van der Waals surface area contributed by atoms with E-state index in [1.54, 1.807) is 6.92 Å². The van der Waals surface area contributed by atoms with Gasteiger partial charge in [0.25, 0.3) is 0 Å². The molecule has 0 heterocycles. The van der Waals surface area contributed by atoms with Gasteiger partial charge in [0, 0.05) is 13.2 Å². The first-order valence-corrected chi connectivity index (χ1v) is 7.64. The standard InChI is InChI=1S/C15H29NO3/c1-3-10-16-15(2,14(17)18)9-11-19-12-13-7-5-4-6-8-13/h13,16H,3-12H2,1-2H3,(H,17,18). The minimum absolute atomic E-state index is 0.523. The molecule has 1 aliphatic rings. The summed E-state index contributed by atoms with van der Waals surface area (Å²) in [4.78, 5) is 11.3. The van der Waals surface area contributed by atoms with Gasteiger partial charge in [0.2, 0.25) is 0 Å². The summed E-state index contributed by atoms with van der Waals surface area (Å²) >= 11 is 0. The van der Waals surface area contributed by atoms with E-state index in [0.29, 0.717) is 18.9 Å². The molecule has 1 aliphatic carbocycles. The van der Waals surface area contributed by atoms with Crippen LogP contribution in [0.2, 0.25) is 0 Å². The minimum atomic E-state index is -0.859. The van der Waals surface area contributed by atoms with Gasteiger partial charge in [-0.2, -0.15) is 0 Å². The Morgan fingerprint density at radius 2 is 2.05 bits per heavy atom. The minimum Gasteiger partial charge on any atom is -0.480 e. The van der Waals surface area contributed by atoms with E-state index in [-0.39, 0.29) is 0 Å². The second-order valence-corrected chi connectivity index (χ2v) is 5.89. The number of hydrogen-bond donors (Lipinski definition) is 2. The molecule has 0 amide bonds. The summed E-state index contributed by atoms with van der Waals surface area (Å²) in [6.07, 6.45) is 7.99. The lowest BCUT2D eigenvalue weighted by atomic mass is 9.90. The van der Waals surface area contributed by atoms with Crippen molar-refractivity contribution >= 4 is 5.97 Å². The lowest BCUT2D eigenvalue weighted by Gasteiger charge is -2.27. The molecule has 0 aliphatic heterocycles. The van der Waals surface area contributed by atoms with E-state index in [1.807, 2.05) is 6.92 Å². The van der Waals surface area contributed by atoms with Crippen molar-refractivity contribution in [3.05, 3.63) is 0 Å². The highest BCUT2D eigenvalue weighted by Crippen LogP contribution is 2.23. The zero-order chi connectivity index (χ0) is 14.1. The number of rotatable bonds is 9. The maximum absolute atomic E-state index is 11.3. The van der Waals surface area contributed by atoms with Crippen LogP contribution in [-0.4, -0.2) is 36.4 Å². The third-order valence-electron chi connectivity index (χ3n) is 4.06. The summed E-state index contributed by atoms with van der Waals surface area (Å²) in [5, 5.41) is 12.4. The molecule has 0 saturated heterocycles. The number of hydrogen-bond acceptors (Lipinski definition) is 3. The molecule has 19 heavy (non-hydrogen) atoms. The quantitative estimate of drug-likeness (QED) is 0.633. The Morgan fingerprint density at radius 1 is 1.37 bits per heavy atom. The number of carboxylic acids is 1. The molecule has 0 aromatic carbocycles. The van der Waals surface area contributed by atoms with E-state index in [0.717, 1.165) is 19.6 Å². The van der Waals surface area contributed by atoms with Crippen LogP contribution in [0, 0.1) is 5.92 Å². The third-order valence-corrected chi connectivity index (χ3v) is 4.06. The van der Waals surface area contributed by atoms with E-state index < -0.39 is 11.5 Å². The molecule has 1 atom stereocenters. The molecule has 4 nitrogen and oxygen atoms in total. The lowest BCUT2D eigenvalue weighted by Crippen LogP contribution is -2.50. The van der Waals surface area contributed by atoms with Crippen LogP contribution < -0.4 is 5.32 Å². The summed E-state index contributed by atoms with van der Waals surface area (Å²) in [7, 11) is 0. The van der Waals surface area contributed by atoms with Crippen molar-refractivity contribution in [3.63, 3.8) is 0 Å². The van der Waals surface area contributed by atoms with Gasteiger partial charge in [-0.05, 0) is 45.1 Å². The Balaban J connectivity index is 2.22. The highest BCUT2D eigenvalue weighted by atomic mass is 16.5. The Labute approximate surface area is 116 Å². The predicted molar refractivity (Wildman–Crippen MR) is 76.3 cm³/mol. The van der Waals surface area contributed by atoms with Gasteiger partial charge >= 0.3 is 5.97 Å². The second-order valence-electron chi connectivity index (χ2n) is 5.89. The number of ether oxygens (including phenoxy) is 1. The van der Waals surface area contributed by atoms with Gasteiger partial charge in [-0.1, -0.05) is 26.2 Å². The first kappa shape index (κ1) is 16.4. The van der Waals surface area contributed by atoms with E-state index in [1.165, 1.54) is 32.1 Å². The van der Waals surface area contributed by atoms with Crippen LogP contribution in [0.3, 0.4) is 0 Å². The van der Waals surface area contributed by atoms with Crippen LogP contribution in [0.25, 0.3) is 0 Å². The molecule has 0 bridgehead atoms. The average molecular weight is 271 g/mol. The topological polar surface area (TPSA) is 58.6 Å². The zero-order valence-electron chi connectivity index (χ0n) is 12.4. The Morgan fingerprint density at radius 3 is 2.63 bits per heavy atom. The Hall–Kier alpha value is -0.610. The summed E-state index contributed by atoms with van der Waals surface area (Å²) in [5.41, 5.74) is -0.859. The van der Waals surface area contributed by atoms with Gasteiger partial charge in [-0.3, -0.25) is 4.79 Å². The maximum atomic E-state index is 11.3. The molecular formula is C15H29NO3. The van der Waals surface area contributed by atoms with Crippen molar-refractivity contribution in [1.29, 1.82) is 0 Å². The fraction of sp³-hybridized carbons (Fsp3) is 0.933. The number of aliphatic carboxylic acids is 1. The van der Waals surface area contributed by atoms with Crippen molar-refractivity contribution in [2.24, 2.45) is 5.92 Å². The first-order valence-electron chi connectivity index (χ1n) is 7.64. The molecule has 0 spiro atoms. The fourth-order valence-corrected chi connectivity index (χ4v) is 2.55. The SMILES string of the molecule is CCCNC(C)(CCOCC1CCCCC1)C(=O)O. The van der Waals surface area contributed by atoms with Crippen molar-refractivity contribution in [1.82, 2.24) is 5.32 Å². The molecule has 1 saturated carbocycles. The molecule has 1 rings (SSSR count). The molecule has 0 aromatic heterocycles. The van der Waals surface area contributed by atoms with Crippen LogP contribution in [-0.2, 0) is 9.53 Å². The van der Waals surface area contributed by atoms with E-state index in [2.05, 4.69) is 5.32 Å². The first-order chi connectivity index (χ1) is 9.08. The number of carbonyl (C=O) groups is 1. The third kappa shape index (κ3) is 5.91. The van der Waals surface area contributed by atoms with Gasteiger partial charge in [-0.15, -0.1) is 0 Å². The molecular weight excluding hydrogens is 242 g/mol. The van der Waals surface area contributed by atoms with Crippen LogP contribution in [0.5, 0.6) is 0 Å². The van der Waals surface area contributed by atoms with E-state index in [4.69, 9.17) is 4.74 Å². The molecule has 0 radical (unpaired) electrons. The molecule has 0 aromatic rings. The fourth-order valence-electron chi connectivity index (χ4n) is 2.55. The molecule has 2 N–H and O–H groups in total. The van der Waals surface area contributed by atoms with Crippen molar-refractivity contribution in [2.75, 3.05) is 19.8 Å². The van der Waals surface area contributed by atoms with Crippen LogP contribution >= 0.6 is 0 Å². The highest BCUT2D eigenvalue weighted by Gasteiger charge is 2.31. The summed E-state index contributed by atoms with van der Waals surface area (Å²) < 4.78 is 5.70. The van der Waals surface area contributed by atoms with Gasteiger partial charge in [0.15, 0.2) is 0 Å². The molecule has 112 valence electrons. The maximum Gasteiger partial charge on any atom is 0.323 e. The van der Waals surface area contributed by atoms with Crippen LogP contribution in [0.1, 0.15) is 58.8 Å². The van der Waals surface area contributed by atoms with E-state index in [9.17, 15) is 9.90 Å². The number of nitrogens with one attached hydrogen (secondary N) is 1. The molecule has 1 unspecified atom stereocenters. The predicted octanol–water partition coefficient (Wildman–Crippen LogP) is 2.82. The largest absolute Gasteiger partial charge is 0.480 e. The summed E-state index contributed by atoms with van der Waals surface area (Å²) in [6, 6.07) is 0. The Bertz CT molecular complexity index is 264. The molecule has 1 fully saturated rings. The lowest BCUT2D eigenvalue weighted by molar-refractivity contribution is -0.145. The summed E-state index contributed by atoms with van der Waals surface area (Å²) in [5.74, 6) is -0.101. The van der Waals surface area contributed by atoms with Gasteiger partial charge < -0.3 is 15.2 Å². The van der Waals surface area contributed by atoms with Gasteiger partial charge in [-0.25, -0.2) is 0 Å². The second kappa shape index (κ2) is 8.54.